The first-order valence-electron chi connectivity index (χ1n) is 9.67. The van der Waals surface area contributed by atoms with Gasteiger partial charge in [-0.05, 0) is 57.0 Å². The van der Waals surface area contributed by atoms with Crippen molar-refractivity contribution in [2.45, 2.75) is 40.4 Å². The molecule has 0 spiro atoms. The van der Waals surface area contributed by atoms with Gasteiger partial charge >= 0.3 is 18.6 Å². The van der Waals surface area contributed by atoms with Crippen molar-refractivity contribution < 1.29 is 37.4 Å². The third-order valence-corrected chi connectivity index (χ3v) is 5.11. The van der Waals surface area contributed by atoms with Crippen LogP contribution >= 0.6 is 11.3 Å². The van der Waals surface area contributed by atoms with Crippen LogP contribution in [0.3, 0.4) is 0 Å². The van der Waals surface area contributed by atoms with Gasteiger partial charge in [0, 0.05) is 6.08 Å². The van der Waals surface area contributed by atoms with Crippen molar-refractivity contribution in [2.75, 3.05) is 11.9 Å². The van der Waals surface area contributed by atoms with Gasteiger partial charge in [-0.2, -0.15) is 8.78 Å². The molecule has 0 fully saturated rings. The van der Waals surface area contributed by atoms with Gasteiger partial charge in [-0.15, -0.1) is 11.3 Å². The predicted molar refractivity (Wildman–Crippen MR) is 116 cm³/mol. The van der Waals surface area contributed by atoms with Crippen LogP contribution in [0.15, 0.2) is 30.3 Å². The van der Waals surface area contributed by atoms with E-state index in [0.717, 1.165) is 11.3 Å². The fourth-order valence-electron chi connectivity index (χ4n) is 2.60. The summed E-state index contributed by atoms with van der Waals surface area (Å²) in [6, 6.07) is 5.69. The number of rotatable bonds is 9. The number of halogens is 2. The first-order chi connectivity index (χ1) is 15.1. The molecule has 2 rings (SSSR count). The fourth-order valence-corrected chi connectivity index (χ4v) is 3.69. The Morgan fingerprint density at radius 1 is 1.12 bits per heavy atom. The lowest BCUT2D eigenvalue weighted by molar-refractivity contribution is -0.111. The van der Waals surface area contributed by atoms with Crippen molar-refractivity contribution in [3.8, 4) is 5.75 Å². The highest BCUT2D eigenvalue weighted by molar-refractivity contribution is 7.18. The standard InChI is InChI=1S/C22H23F2NO6S/c1-5-29-21(28)18-13(4)17(20(27)30-12(2)3)19(32-18)25-16(26)11-8-14-6-9-15(10-7-14)31-22(23)24/h6-12,22H,5H2,1-4H3,(H,25,26). The van der Waals surface area contributed by atoms with Crippen molar-refractivity contribution >= 4 is 40.3 Å². The van der Waals surface area contributed by atoms with Crippen LogP contribution in [-0.2, 0) is 14.3 Å². The zero-order valence-corrected chi connectivity index (χ0v) is 18.8. The van der Waals surface area contributed by atoms with Crippen molar-refractivity contribution in [3.63, 3.8) is 0 Å². The number of thiophene rings is 1. The van der Waals surface area contributed by atoms with Gasteiger partial charge in [0.15, 0.2) is 0 Å². The van der Waals surface area contributed by atoms with Crippen LogP contribution in [0.1, 0.15) is 51.9 Å². The number of carbonyl (C=O) groups excluding carboxylic acids is 3. The largest absolute Gasteiger partial charge is 0.462 e. The second-order valence-corrected chi connectivity index (χ2v) is 7.73. The molecule has 1 amide bonds. The van der Waals surface area contributed by atoms with E-state index in [4.69, 9.17) is 9.47 Å². The molecule has 0 radical (unpaired) electrons. The van der Waals surface area contributed by atoms with Gasteiger partial charge < -0.3 is 19.5 Å². The number of benzene rings is 1. The van der Waals surface area contributed by atoms with Crippen LogP contribution in [0.4, 0.5) is 13.8 Å². The molecule has 0 bridgehead atoms. The molecule has 1 heterocycles. The van der Waals surface area contributed by atoms with Crippen LogP contribution in [0, 0.1) is 6.92 Å². The van der Waals surface area contributed by atoms with Gasteiger partial charge in [0.25, 0.3) is 0 Å². The zero-order valence-electron chi connectivity index (χ0n) is 17.9. The van der Waals surface area contributed by atoms with Crippen LogP contribution in [0.5, 0.6) is 5.75 Å². The summed E-state index contributed by atoms with van der Waals surface area (Å²) in [6.07, 6.45) is 2.27. The van der Waals surface area contributed by atoms with Crippen molar-refractivity contribution in [1.82, 2.24) is 0 Å². The lowest BCUT2D eigenvalue weighted by atomic mass is 10.1. The number of nitrogens with one attached hydrogen (secondary N) is 1. The average molecular weight is 467 g/mol. The molecule has 0 saturated carbocycles. The van der Waals surface area contributed by atoms with E-state index in [9.17, 15) is 23.2 Å². The smallest absolute Gasteiger partial charge is 0.387 e. The Morgan fingerprint density at radius 2 is 1.78 bits per heavy atom. The van der Waals surface area contributed by atoms with Gasteiger partial charge in [0.05, 0.1) is 18.3 Å². The molecule has 10 heteroatoms. The molecule has 1 N–H and O–H groups in total. The molecule has 0 saturated heterocycles. The number of hydrogen-bond acceptors (Lipinski definition) is 7. The topological polar surface area (TPSA) is 90.9 Å². The summed E-state index contributed by atoms with van der Waals surface area (Å²) in [5.41, 5.74) is 1.01. The maximum atomic E-state index is 12.6. The van der Waals surface area contributed by atoms with Crippen LogP contribution < -0.4 is 10.1 Å². The van der Waals surface area contributed by atoms with E-state index >= 15 is 0 Å². The highest BCUT2D eigenvalue weighted by Crippen LogP contribution is 2.34. The predicted octanol–water partition coefficient (Wildman–Crippen LogP) is 5.05. The first kappa shape index (κ1) is 25.0. The molecule has 172 valence electrons. The molecule has 0 aliphatic rings. The fraction of sp³-hybridized carbons (Fsp3) is 0.318. The summed E-state index contributed by atoms with van der Waals surface area (Å²) < 4.78 is 39.0. The van der Waals surface area contributed by atoms with Crippen LogP contribution in [-0.4, -0.2) is 37.2 Å². The van der Waals surface area contributed by atoms with E-state index in [-0.39, 0.29) is 27.8 Å². The van der Waals surface area contributed by atoms with Gasteiger partial charge in [-0.3, -0.25) is 4.79 Å². The van der Waals surface area contributed by atoms with E-state index in [1.54, 1.807) is 27.7 Å². The van der Waals surface area contributed by atoms with Crippen LogP contribution in [0.25, 0.3) is 6.08 Å². The number of alkyl halides is 2. The Kier molecular flexibility index (Phi) is 8.89. The summed E-state index contributed by atoms with van der Waals surface area (Å²) in [5.74, 6) is -1.84. The molecule has 1 aromatic carbocycles. The van der Waals surface area contributed by atoms with Gasteiger partial charge in [-0.1, -0.05) is 12.1 Å². The van der Waals surface area contributed by atoms with Gasteiger partial charge in [0.1, 0.15) is 15.6 Å². The highest BCUT2D eigenvalue weighted by Gasteiger charge is 2.27. The van der Waals surface area contributed by atoms with Crippen molar-refractivity contribution in [3.05, 3.63) is 51.9 Å². The van der Waals surface area contributed by atoms with Gasteiger partial charge in [0.2, 0.25) is 5.91 Å². The maximum absolute atomic E-state index is 12.6. The molecule has 0 unspecified atom stereocenters. The number of carbonyl (C=O) groups is 3. The number of anilines is 1. The summed E-state index contributed by atoms with van der Waals surface area (Å²) in [4.78, 5) is 37.4. The molecule has 0 aliphatic carbocycles. The number of hydrogen-bond donors (Lipinski definition) is 1. The lowest BCUT2D eigenvalue weighted by Crippen LogP contribution is -2.16. The molecule has 7 nitrogen and oxygen atoms in total. The number of ether oxygens (including phenoxy) is 3. The van der Waals surface area contributed by atoms with E-state index in [1.165, 1.54) is 36.4 Å². The average Bonchev–Trinajstić information content (AvgIpc) is 3.02. The van der Waals surface area contributed by atoms with E-state index in [2.05, 4.69) is 10.1 Å². The van der Waals surface area contributed by atoms with Crippen molar-refractivity contribution in [1.29, 1.82) is 0 Å². The Morgan fingerprint density at radius 3 is 2.34 bits per heavy atom. The summed E-state index contributed by atoms with van der Waals surface area (Å²) >= 11 is 0.918. The Bertz CT molecular complexity index is 999. The number of esters is 2. The molecule has 32 heavy (non-hydrogen) atoms. The second-order valence-electron chi connectivity index (χ2n) is 6.70. The zero-order chi connectivity index (χ0) is 23.8. The third-order valence-electron chi connectivity index (χ3n) is 3.92. The third kappa shape index (κ3) is 6.88. The molecular weight excluding hydrogens is 444 g/mol. The summed E-state index contributed by atoms with van der Waals surface area (Å²) in [5, 5.41) is 2.75. The Labute approximate surface area is 188 Å². The van der Waals surface area contributed by atoms with Crippen LogP contribution in [0.2, 0.25) is 0 Å². The quantitative estimate of drug-likeness (QED) is 0.410. The molecule has 2 aromatic rings. The molecular formula is C22H23F2NO6S. The highest BCUT2D eigenvalue weighted by atomic mass is 32.1. The van der Waals surface area contributed by atoms with E-state index < -0.39 is 30.6 Å². The SMILES string of the molecule is CCOC(=O)c1sc(NC(=O)C=Cc2ccc(OC(F)F)cc2)c(C(=O)OC(C)C)c1C. The minimum atomic E-state index is -2.92. The van der Waals surface area contributed by atoms with E-state index in [0.29, 0.717) is 11.1 Å². The molecule has 0 atom stereocenters. The monoisotopic (exact) mass is 467 g/mol. The number of amides is 1. The van der Waals surface area contributed by atoms with E-state index in [1.807, 2.05) is 0 Å². The first-order valence-corrected chi connectivity index (χ1v) is 10.5. The summed E-state index contributed by atoms with van der Waals surface area (Å²) in [7, 11) is 0. The van der Waals surface area contributed by atoms with Gasteiger partial charge in [-0.25, -0.2) is 9.59 Å². The molecule has 1 aromatic heterocycles. The Hall–Kier alpha value is -3.27. The van der Waals surface area contributed by atoms with Crippen molar-refractivity contribution in [2.24, 2.45) is 0 Å². The molecule has 0 aliphatic heterocycles. The maximum Gasteiger partial charge on any atom is 0.387 e. The minimum absolute atomic E-state index is 0.00420. The Balaban J connectivity index is 2.23. The summed E-state index contributed by atoms with van der Waals surface area (Å²) in [6.45, 7) is 3.85. The minimum Gasteiger partial charge on any atom is -0.462 e. The second kappa shape index (κ2) is 11.4. The lowest BCUT2D eigenvalue weighted by Gasteiger charge is -2.09. The normalized spacial score (nSPS) is 11.1.